The fourth-order valence-corrected chi connectivity index (χ4v) is 1.56. The largest absolute Gasteiger partial charge is 0.354 e. The third kappa shape index (κ3) is 1.67. The van der Waals surface area contributed by atoms with Gasteiger partial charge in [-0.2, -0.15) is 5.26 Å². The number of hydrogen-bond acceptors (Lipinski definition) is 3. The molecule has 0 aromatic carbocycles. The number of alkyl halides is 1. The number of hydrogen-bond donors (Lipinski definition) is 0. The van der Waals surface area contributed by atoms with Crippen molar-refractivity contribution >= 4 is 5.82 Å². The van der Waals surface area contributed by atoms with Crippen molar-refractivity contribution in [3.63, 3.8) is 0 Å². The van der Waals surface area contributed by atoms with Crippen molar-refractivity contribution in [1.82, 2.24) is 4.98 Å². The van der Waals surface area contributed by atoms with Gasteiger partial charge in [0.1, 0.15) is 18.1 Å². The fraction of sp³-hybridized carbons (Fsp3) is 0.400. The Bertz CT molecular complexity index is 355. The lowest BCUT2D eigenvalue weighted by Gasteiger charge is -2.15. The quantitative estimate of drug-likeness (QED) is 0.675. The summed E-state index contributed by atoms with van der Waals surface area (Å²) in [6.45, 7) is 1.12. The van der Waals surface area contributed by atoms with Crippen LogP contribution in [-0.4, -0.2) is 24.2 Å². The minimum atomic E-state index is -0.743. The highest BCUT2D eigenvalue weighted by Crippen LogP contribution is 2.19. The van der Waals surface area contributed by atoms with Gasteiger partial charge < -0.3 is 4.90 Å². The minimum absolute atomic E-state index is 0.416. The number of nitriles is 1. The molecule has 4 heteroatoms. The first-order valence-corrected chi connectivity index (χ1v) is 4.55. The van der Waals surface area contributed by atoms with E-state index >= 15 is 0 Å². The Hall–Kier alpha value is -1.63. The maximum atomic E-state index is 12.9. The van der Waals surface area contributed by atoms with E-state index in [1.165, 1.54) is 6.20 Å². The van der Waals surface area contributed by atoms with Crippen molar-refractivity contribution in [2.24, 2.45) is 0 Å². The zero-order valence-corrected chi connectivity index (χ0v) is 7.65. The fourth-order valence-electron chi connectivity index (χ4n) is 1.56. The summed E-state index contributed by atoms with van der Waals surface area (Å²) >= 11 is 0. The van der Waals surface area contributed by atoms with Gasteiger partial charge in [-0.3, -0.25) is 0 Å². The normalized spacial score (nSPS) is 20.9. The van der Waals surface area contributed by atoms with Crippen LogP contribution < -0.4 is 4.90 Å². The van der Waals surface area contributed by atoms with Gasteiger partial charge in [0.05, 0.1) is 12.1 Å². The first-order valence-electron chi connectivity index (χ1n) is 4.55. The third-order valence-corrected chi connectivity index (χ3v) is 2.33. The summed E-state index contributed by atoms with van der Waals surface area (Å²) in [5.74, 6) is 0.754. The average molecular weight is 191 g/mol. The summed E-state index contributed by atoms with van der Waals surface area (Å²) in [4.78, 5) is 6.00. The molecule has 1 aliphatic rings. The average Bonchev–Trinajstić information content (AvgIpc) is 2.65. The highest BCUT2D eigenvalue weighted by molar-refractivity contribution is 5.42. The number of anilines is 1. The predicted octanol–water partition coefficient (Wildman–Crippen LogP) is 1.50. The molecule has 1 aromatic rings. The van der Waals surface area contributed by atoms with Gasteiger partial charge in [-0.05, 0) is 18.6 Å². The summed E-state index contributed by atoms with van der Waals surface area (Å²) in [5.41, 5.74) is 0.532. The van der Waals surface area contributed by atoms with Gasteiger partial charge in [0.25, 0.3) is 0 Å². The molecule has 0 N–H and O–H groups in total. The van der Waals surface area contributed by atoms with Crippen LogP contribution in [0.25, 0.3) is 0 Å². The zero-order valence-electron chi connectivity index (χ0n) is 7.65. The van der Waals surface area contributed by atoms with Crippen LogP contribution in [0.2, 0.25) is 0 Å². The van der Waals surface area contributed by atoms with Crippen molar-refractivity contribution in [3.05, 3.63) is 23.9 Å². The summed E-state index contributed by atoms with van der Waals surface area (Å²) < 4.78 is 12.9. The van der Waals surface area contributed by atoms with Gasteiger partial charge in [0.15, 0.2) is 0 Å². The Morgan fingerprint density at radius 2 is 2.43 bits per heavy atom. The maximum absolute atomic E-state index is 12.9. The van der Waals surface area contributed by atoms with Crippen molar-refractivity contribution in [3.8, 4) is 6.07 Å². The molecule has 3 nitrogen and oxygen atoms in total. The van der Waals surface area contributed by atoms with Gasteiger partial charge >= 0.3 is 0 Å². The predicted molar refractivity (Wildman–Crippen MR) is 50.7 cm³/mol. The van der Waals surface area contributed by atoms with Gasteiger partial charge in [-0.25, -0.2) is 9.37 Å². The molecule has 0 amide bonds. The Morgan fingerprint density at radius 3 is 2.93 bits per heavy atom. The Balaban J connectivity index is 2.14. The number of aromatic nitrogens is 1. The second-order valence-electron chi connectivity index (χ2n) is 3.35. The summed E-state index contributed by atoms with van der Waals surface area (Å²) in [6, 6.07) is 5.46. The highest BCUT2D eigenvalue weighted by Gasteiger charge is 2.22. The van der Waals surface area contributed by atoms with Crippen LogP contribution in [0.3, 0.4) is 0 Å². The molecule has 0 saturated carbocycles. The summed E-state index contributed by atoms with van der Waals surface area (Å²) in [5, 5.41) is 8.57. The molecule has 14 heavy (non-hydrogen) atoms. The molecule has 72 valence electrons. The van der Waals surface area contributed by atoms with E-state index in [1.807, 2.05) is 11.0 Å². The molecule has 0 radical (unpaired) electrons. The molecule has 1 saturated heterocycles. The van der Waals surface area contributed by atoms with Gasteiger partial charge in [-0.1, -0.05) is 0 Å². The molecule has 1 aromatic heterocycles. The Labute approximate surface area is 81.8 Å². The zero-order chi connectivity index (χ0) is 9.97. The maximum Gasteiger partial charge on any atom is 0.128 e. The van der Waals surface area contributed by atoms with Crippen LogP contribution in [0.1, 0.15) is 12.0 Å². The van der Waals surface area contributed by atoms with E-state index < -0.39 is 6.17 Å². The molecule has 0 spiro atoms. The number of rotatable bonds is 1. The molecule has 1 aliphatic heterocycles. The lowest BCUT2D eigenvalue weighted by Crippen LogP contribution is -2.20. The van der Waals surface area contributed by atoms with E-state index in [0.717, 1.165) is 5.82 Å². The van der Waals surface area contributed by atoms with E-state index in [-0.39, 0.29) is 0 Å². The summed E-state index contributed by atoms with van der Waals surface area (Å²) in [7, 11) is 0. The lowest BCUT2D eigenvalue weighted by molar-refractivity contribution is 0.364. The van der Waals surface area contributed by atoms with E-state index in [2.05, 4.69) is 4.98 Å². The number of nitrogens with zero attached hydrogens (tertiary/aromatic N) is 3. The van der Waals surface area contributed by atoms with E-state index in [4.69, 9.17) is 5.26 Å². The van der Waals surface area contributed by atoms with Gasteiger partial charge in [0, 0.05) is 12.7 Å². The van der Waals surface area contributed by atoms with Crippen molar-refractivity contribution in [2.45, 2.75) is 12.6 Å². The van der Waals surface area contributed by atoms with E-state index in [9.17, 15) is 4.39 Å². The Morgan fingerprint density at radius 1 is 1.57 bits per heavy atom. The minimum Gasteiger partial charge on any atom is -0.354 e. The molecular weight excluding hydrogens is 181 g/mol. The summed E-state index contributed by atoms with van der Waals surface area (Å²) in [6.07, 6.45) is 1.34. The third-order valence-electron chi connectivity index (χ3n) is 2.33. The number of pyridine rings is 1. The van der Waals surface area contributed by atoms with Crippen LogP contribution in [-0.2, 0) is 0 Å². The molecule has 1 atom stereocenters. The molecule has 1 unspecified atom stereocenters. The van der Waals surface area contributed by atoms with Crippen molar-refractivity contribution < 1.29 is 4.39 Å². The highest BCUT2D eigenvalue weighted by atomic mass is 19.1. The van der Waals surface area contributed by atoms with Crippen LogP contribution >= 0.6 is 0 Å². The van der Waals surface area contributed by atoms with Crippen LogP contribution in [0, 0.1) is 11.3 Å². The van der Waals surface area contributed by atoms with Gasteiger partial charge in [0.2, 0.25) is 0 Å². The van der Waals surface area contributed by atoms with E-state index in [0.29, 0.717) is 25.1 Å². The second-order valence-corrected chi connectivity index (χ2v) is 3.35. The molecular formula is C10H10FN3. The molecule has 2 rings (SSSR count). The molecule has 1 fully saturated rings. The monoisotopic (exact) mass is 191 g/mol. The van der Waals surface area contributed by atoms with Crippen LogP contribution in [0.5, 0.6) is 0 Å². The van der Waals surface area contributed by atoms with E-state index in [1.54, 1.807) is 12.1 Å². The second kappa shape index (κ2) is 3.62. The number of halogens is 1. The first kappa shape index (κ1) is 8.95. The van der Waals surface area contributed by atoms with Gasteiger partial charge in [-0.15, -0.1) is 0 Å². The Kier molecular flexibility index (Phi) is 2.32. The van der Waals surface area contributed by atoms with Crippen LogP contribution in [0.4, 0.5) is 10.2 Å². The first-order chi connectivity index (χ1) is 6.79. The lowest BCUT2D eigenvalue weighted by atomic mass is 10.3. The SMILES string of the molecule is N#Cc1ccc(N2CCC(F)C2)nc1. The standard InChI is InChI=1S/C10H10FN3/c11-9-3-4-14(7-9)10-2-1-8(5-12)6-13-10/h1-2,6,9H,3-4,7H2. The molecule has 0 aliphatic carbocycles. The van der Waals surface area contributed by atoms with Crippen molar-refractivity contribution in [2.75, 3.05) is 18.0 Å². The topological polar surface area (TPSA) is 39.9 Å². The van der Waals surface area contributed by atoms with Crippen LogP contribution in [0.15, 0.2) is 18.3 Å². The van der Waals surface area contributed by atoms with Crippen molar-refractivity contribution in [1.29, 1.82) is 5.26 Å². The smallest absolute Gasteiger partial charge is 0.128 e. The molecule has 2 heterocycles. The molecule has 0 bridgehead atoms.